The van der Waals surface area contributed by atoms with Gasteiger partial charge in [-0.15, -0.1) is 0 Å². The van der Waals surface area contributed by atoms with Crippen molar-refractivity contribution in [2.75, 3.05) is 6.54 Å². The number of hydrogen-bond acceptors (Lipinski definition) is 8. The van der Waals surface area contributed by atoms with Crippen LogP contribution in [-0.4, -0.2) is 76.5 Å². The fourth-order valence-corrected chi connectivity index (χ4v) is 3.62. The van der Waals surface area contributed by atoms with Crippen molar-refractivity contribution < 1.29 is 34.2 Å². The van der Waals surface area contributed by atoms with E-state index in [1.54, 1.807) is 26.0 Å². The molecule has 1 aromatic rings. The number of hydrogen-bond donors (Lipinski definition) is 9. The quantitative estimate of drug-likeness (QED) is 0.0558. The van der Waals surface area contributed by atoms with E-state index in [1.807, 2.05) is 0 Å². The maximum absolute atomic E-state index is 13.4. The van der Waals surface area contributed by atoms with Crippen molar-refractivity contribution in [1.82, 2.24) is 16.0 Å². The Labute approximate surface area is 232 Å². The number of carbonyl (C=O) groups is 5. The molecule has 5 atom stereocenters. The lowest BCUT2D eigenvalue weighted by Crippen LogP contribution is -2.59. The van der Waals surface area contributed by atoms with E-state index in [0.717, 1.165) is 0 Å². The predicted octanol–water partition coefficient (Wildman–Crippen LogP) is -2.22. The SMILES string of the molecule is CCC(C)C(NC(=O)C(Cc1ccc(O)cc1)NC(=O)C(N)CCCN=C(N)N)C(=O)NC(CC(N)=O)C(=O)O. The first kappa shape index (κ1) is 33.6. The van der Waals surface area contributed by atoms with Crippen LogP contribution in [0.4, 0.5) is 0 Å². The number of nitrogens with zero attached hydrogens (tertiary/aromatic N) is 1. The summed E-state index contributed by atoms with van der Waals surface area (Å²) in [5, 5.41) is 26.4. The summed E-state index contributed by atoms with van der Waals surface area (Å²) in [6, 6.07) is 1.03. The van der Waals surface area contributed by atoms with E-state index in [9.17, 15) is 34.2 Å². The second-order valence-corrected chi connectivity index (χ2v) is 9.43. The van der Waals surface area contributed by atoms with Crippen LogP contribution in [0.3, 0.4) is 0 Å². The molecule has 4 amide bonds. The Morgan fingerprint density at radius 3 is 2.05 bits per heavy atom. The number of aliphatic imine (C=N–C) groups is 1. The molecule has 1 aromatic carbocycles. The van der Waals surface area contributed by atoms with Crippen LogP contribution in [-0.2, 0) is 30.4 Å². The van der Waals surface area contributed by atoms with Crippen LogP contribution in [0.5, 0.6) is 5.75 Å². The number of carboxylic acid groups (broad SMARTS) is 1. The van der Waals surface area contributed by atoms with Gasteiger partial charge in [0.05, 0.1) is 12.5 Å². The molecular weight excluding hydrogens is 524 g/mol. The molecule has 0 aliphatic rings. The molecule has 15 heteroatoms. The highest BCUT2D eigenvalue weighted by Gasteiger charge is 2.33. The largest absolute Gasteiger partial charge is 0.508 e. The molecule has 40 heavy (non-hydrogen) atoms. The van der Waals surface area contributed by atoms with Crippen molar-refractivity contribution >= 4 is 35.6 Å². The molecule has 0 radical (unpaired) electrons. The Morgan fingerprint density at radius 1 is 0.925 bits per heavy atom. The Bertz CT molecular complexity index is 1060. The Kier molecular flexibility index (Phi) is 13.9. The minimum absolute atomic E-state index is 0.00710. The van der Waals surface area contributed by atoms with Gasteiger partial charge < -0.3 is 49.1 Å². The van der Waals surface area contributed by atoms with Crippen molar-refractivity contribution in [2.24, 2.45) is 33.8 Å². The van der Waals surface area contributed by atoms with E-state index in [1.165, 1.54) is 12.1 Å². The lowest BCUT2D eigenvalue weighted by molar-refractivity contribution is -0.144. The molecule has 0 aliphatic heterocycles. The van der Waals surface area contributed by atoms with Gasteiger partial charge in [0.1, 0.15) is 23.9 Å². The number of amides is 4. The number of nitrogens with two attached hydrogens (primary N) is 4. The average molecular weight is 565 g/mol. The molecule has 0 spiro atoms. The summed E-state index contributed by atoms with van der Waals surface area (Å²) in [5.41, 5.74) is 22.2. The Morgan fingerprint density at radius 2 is 1.52 bits per heavy atom. The maximum atomic E-state index is 13.4. The number of carboxylic acids is 1. The fourth-order valence-electron chi connectivity index (χ4n) is 3.62. The third-order valence-corrected chi connectivity index (χ3v) is 6.13. The number of rotatable bonds is 17. The van der Waals surface area contributed by atoms with E-state index >= 15 is 0 Å². The highest BCUT2D eigenvalue weighted by atomic mass is 16.4. The number of aromatic hydroxyl groups is 1. The molecule has 0 heterocycles. The highest BCUT2D eigenvalue weighted by molar-refractivity contribution is 5.95. The number of guanidine groups is 1. The molecular formula is C25H40N8O7. The molecule has 222 valence electrons. The van der Waals surface area contributed by atoms with Gasteiger partial charge in [0.15, 0.2) is 5.96 Å². The summed E-state index contributed by atoms with van der Waals surface area (Å²) in [4.78, 5) is 65.8. The molecule has 1 rings (SSSR count). The van der Waals surface area contributed by atoms with Gasteiger partial charge >= 0.3 is 5.97 Å². The number of aliphatic carboxylic acids is 1. The second kappa shape index (κ2) is 16.5. The van der Waals surface area contributed by atoms with Crippen LogP contribution in [0.15, 0.2) is 29.3 Å². The molecule has 15 nitrogen and oxygen atoms in total. The lowest BCUT2D eigenvalue weighted by atomic mass is 9.96. The van der Waals surface area contributed by atoms with Gasteiger partial charge in [-0.1, -0.05) is 32.4 Å². The predicted molar refractivity (Wildman–Crippen MR) is 146 cm³/mol. The van der Waals surface area contributed by atoms with Gasteiger partial charge in [-0.05, 0) is 36.5 Å². The van der Waals surface area contributed by atoms with E-state index in [-0.39, 0.29) is 31.1 Å². The van der Waals surface area contributed by atoms with Crippen LogP contribution in [0.1, 0.15) is 45.1 Å². The molecule has 0 saturated heterocycles. The number of nitrogens with one attached hydrogen (secondary N) is 3. The zero-order chi connectivity index (χ0) is 30.4. The van der Waals surface area contributed by atoms with E-state index in [4.69, 9.17) is 22.9 Å². The van der Waals surface area contributed by atoms with E-state index in [2.05, 4.69) is 20.9 Å². The molecule has 0 saturated carbocycles. The highest BCUT2D eigenvalue weighted by Crippen LogP contribution is 2.14. The van der Waals surface area contributed by atoms with Crippen molar-refractivity contribution in [3.05, 3.63) is 29.8 Å². The van der Waals surface area contributed by atoms with Crippen LogP contribution in [0.2, 0.25) is 0 Å². The fraction of sp³-hybridized carbons (Fsp3) is 0.520. The number of benzene rings is 1. The Balaban J connectivity index is 3.12. The van der Waals surface area contributed by atoms with Crippen molar-refractivity contribution in [1.29, 1.82) is 0 Å². The smallest absolute Gasteiger partial charge is 0.326 e. The summed E-state index contributed by atoms with van der Waals surface area (Å²) in [6.45, 7) is 3.71. The summed E-state index contributed by atoms with van der Waals surface area (Å²) in [7, 11) is 0. The standard InChI is InChI=1S/C25H40N8O7/c1-3-13(2)20(23(38)32-18(24(39)40)12-19(27)35)33-22(37)17(11-14-6-8-15(34)9-7-14)31-21(36)16(26)5-4-10-30-25(28)29/h6-9,13,16-18,20,34H,3-5,10-12,26H2,1-2H3,(H2,27,35)(H,31,36)(H,32,38)(H,33,37)(H,39,40)(H4,28,29,30). The summed E-state index contributed by atoms with van der Waals surface area (Å²) >= 11 is 0. The number of phenols is 1. The minimum atomic E-state index is -1.59. The summed E-state index contributed by atoms with van der Waals surface area (Å²) in [6.07, 6.45) is 0.426. The van der Waals surface area contributed by atoms with Gasteiger partial charge in [-0.2, -0.15) is 0 Å². The van der Waals surface area contributed by atoms with E-state index in [0.29, 0.717) is 18.4 Å². The monoisotopic (exact) mass is 564 g/mol. The third-order valence-electron chi connectivity index (χ3n) is 6.13. The van der Waals surface area contributed by atoms with Crippen molar-refractivity contribution in [2.45, 2.75) is 70.1 Å². The Hall–Kier alpha value is -4.40. The number of primary amides is 1. The van der Waals surface area contributed by atoms with Crippen molar-refractivity contribution in [3.8, 4) is 5.75 Å². The zero-order valence-corrected chi connectivity index (χ0v) is 22.6. The van der Waals surface area contributed by atoms with Gasteiger partial charge in [0, 0.05) is 13.0 Å². The number of phenolic OH excluding ortho intramolecular Hbond substituents is 1. The topological polar surface area (TPSA) is 278 Å². The first-order valence-corrected chi connectivity index (χ1v) is 12.8. The van der Waals surface area contributed by atoms with Gasteiger partial charge in [0.25, 0.3) is 0 Å². The molecule has 0 fully saturated rings. The zero-order valence-electron chi connectivity index (χ0n) is 22.6. The summed E-state index contributed by atoms with van der Waals surface area (Å²) < 4.78 is 0. The molecule has 5 unspecified atom stereocenters. The van der Waals surface area contributed by atoms with Crippen molar-refractivity contribution in [3.63, 3.8) is 0 Å². The first-order chi connectivity index (χ1) is 18.7. The molecule has 0 bridgehead atoms. The van der Waals surface area contributed by atoms with Crippen LogP contribution in [0.25, 0.3) is 0 Å². The average Bonchev–Trinajstić information content (AvgIpc) is 2.88. The summed E-state index contributed by atoms with van der Waals surface area (Å²) in [5.74, 6) is -5.10. The van der Waals surface area contributed by atoms with Crippen LogP contribution >= 0.6 is 0 Å². The first-order valence-electron chi connectivity index (χ1n) is 12.8. The van der Waals surface area contributed by atoms with Crippen LogP contribution < -0.4 is 38.9 Å². The number of carbonyl (C=O) groups excluding carboxylic acids is 4. The maximum Gasteiger partial charge on any atom is 0.326 e. The lowest BCUT2D eigenvalue weighted by Gasteiger charge is -2.28. The normalized spacial score (nSPS) is 14.5. The van der Waals surface area contributed by atoms with Gasteiger partial charge in [0.2, 0.25) is 23.6 Å². The van der Waals surface area contributed by atoms with E-state index < -0.39 is 66.1 Å². The second-order valence-electron chi connectivity index (χ2n) is 9.43. The molecule has 13 N–H and O–H groups in total. The van der Waals surface area contributed by atoms with Crippen LogP contribution in [0, 0.1) is 5.92 Å². The molecule has 0 aromatic heterocycles. The van der Waals surface area contributed by atoms with Gasteiger partial charge in [-0.3, -0.25) is 24.2 Å². The molecule has 0 aliphatic carbocycles. The third kappa shape index (κ3) is 12.0. The van der Waals surface area contributed by atoms with Gasteiger partial charge in [-0.25, -0.2) is 4.79 Å². The minimum Gasteiger partial charge on any atom is -0.508 e.